The molecule has 124 valence electrons. The van der Waals surface area contributed by atoms with E-state index in [1.54, 1.807) is 5.48 Å². The van der Waals surface area contributed by atoms with E-state index in [2.05, 4.69) is 15.9 Å². The Morgan fingerprint density at radius 3 is 2.58 bits per heavy atom. The highest BCUT2D eigenvalue weighted by Crippen LogP contribution is 2.28. The van der Waals surface area contributed by atoms with E-state index in [1.165, 1.54) is 0 Å². The van der Waals surface area contributed by atoms with Crippen LogP contribution in [0.25, 0.3) is 0 Å². The highest BCUT2D eigenvalue weighted by atomic mass is 79.9. The van der Waals surface area contributed by atoms with E-state index in [4.69, 9.17) is 10.3 Å². The van der Waals surface area contributed by atoms with Crippen LogP contribution in [0.15, 0.2) is 64.2 Å². The van der Waals surface area contributed by atoms with Gasteiger partial charge >= 0.3 is 0 Å². The van der Waals surface area contributed by atoms with E-state index in [-0.39, 0.29) is 18.2 Å². The zero-order valence-corrected chi connectivity index (χ0v) is 14.6. The van der Waals surface area contributed by atoms with Gasteiger partial charge in [-0.15, -0.1) is 0 Å². The van der Waals surface area contributed by atoms with Crippen molar-refractivity contribution in [1.29, 1.82) is 0 Å². The molecule has 0 aromatic heterocycles. The van der Waals surface area contributed by atoms with Gasteiger partial charge in [0, 0.05) is 16.8 Å². The van der Waals surface area contributed by atoms with E-state index in [0.29, 0.717) is 13.0 Å². The summed E-state index contributed by atoms with van der Waals surface area (Å²) >= 11 is 3.44. The summed E-state index contributed by atoms with van der Waals surface area (Å²) in [5.41, 5.74) is 4.75. The monoisotopic (exact) mass is 387 g/mol. The molecule has 0 aliphatic carbocycles. The smallest absolute Gasteiger partial charge is 0.243 e. The van der Waals surface area contributed by atoms with Gasteiger partial charge in [-0.25, -0.2) is 5.48 Å². The van der Waals surface area contributed by atoms with Crippen molar-refractivity contribution in [3.63, 3.8) is 0 Å². The van der Waals surface area contributed by atoms with Gasteiger partial charge in [0.15, 0.2) is 0 Å². The van der Waals surface area contributed by atoms with Crippen LogP contribution >= 0.6 is 15.9 Å². The standard InChI is InChI=1S/C18H18BrN3O2/c19-15-7-9-16(10-8-15)22-12-14(6-11-17(23)21-24)18(20-22)13-4-2-1-3-5-13/h1-5,7-10,14,24H,6,11-12H2,(H,21,23). The Balaban J connectivity index is 1.84. The molecule has 24 heavy (non-hydrogen) atoms. The molecule has 1 unspecified atom stereocenters. The number of nitrogens with zero attached hydrogens (tertiary/aromatic N) is 2. The highest BCUT2D eigenvalue weighted by Gasteiger charge is 2.28. The molecule has 3 rings (SSSR count). The fourth-order valence-electron chi connectivity index (χ4n) is 2.82. The van der Waals surface area contributed by atoms with E-state index < -0.39 is 0 Å². The fourth-order valence-corrected chi connectivity index (χ4v) is 3.08. The van der Waals surface area contributed by atoms with Crippen molar-refractivity contribution in [3.05, 3.63) is 64.6 Å². The summed E-state index contributed by atoms with van der Waals surface area (Å²) in [5.74, 6) is -0.238. The first kappa shape index (κ1) is 16.7. The summed E-state index contributed by atoms with van der Waals surface area (Å²) < 4.78 is 1.02. The zero-order chi connectivity index (χ0) is 16.9. The van der Waals surface area contributed by atoms with Crippen molar-refractivity contribution in [1.82, 2.24) is 5.48 Å². The zero-order valence-electron chi connectivity index (χ0n) is 13.0. The first-order valence-electron chi connectivity index (χ1n) is 7.77. The summed E-state index contributed by atoms with van der Waals surface area (Å²) in [7, 11) is 0. The number of carbonyl (C=O) groups is 1. The van der Waals surface area contributed by atoms with Gasteiger partial charge in [0.1, 0.15) is 0 Å². The molecule has 5 nitrogen and oxygen atoms in total. The molecule has 1 heterocycles. The maximum absolute atomic E-state index is 11.4. The fraction of sp³-hybridized carbons (Fsp3) is 0.222. The number of hydrogen-bond acceptors (Lipinski definition) is 4. The van der Waals surface area contributed by atoms with Gasteiger partial charge in [0.05, 0.1) is 17.9 Å². The minimum atomic E-state index is -0.371. The van der Waals surface area contributed by atoms with Crippen LogP contribution in [0.5, 0.6) is 0 Å². The molecular weight excluding hydrogens is 370 g/mol. The third kappa shape index (κ3) is 3.83. The average Bonchev–Trinajstić information content (AvgIpc) is 3.05. The van der Waals surface area contributed by atoms with Gasteiger partial charge in [-0.3, -0.25) is 15.0 Å². The normalized spacial score (nSPS) is 16.8. The number of halogens is 1. The molecule has 0 saturated heterocycles. The van der Waals surface area contributed by atoms with Crippen LogP contribution in [-0.2, 0) is 4.79 Å². The Hall–Kier alpha value is -2.18. The Morgan fingerprint density at radius 1 is 1.21 bits per heavy atom. The number of hydrogen-bond donors (Lipinski definition) is 2. The van der Waals surface area contributed by atoms with Crippen LogP contribution in [0.4, 0.5) is 5.69 Å². The molecule has 1 amide bonds. The van der Waals surface area contributed by atoms with Gasteiger partial charge in [0.2, 0.25) is 5.91 Å². The molecule has 2 N–H and O–H groups in total. The van der Waals surface area contributed by atoms with Crippen molar-refractivity contribution in [3.8, 4) is 0 Å². The Labute approximate surface area is 149 Å². The molecule has 0 saturated carbocycles. The Bertz CT molecular complexity index is 732. The SMILES string of the molecule is O=C(CCC1CN(c2ccc(Br)cc2)N=C1c1ccccc1)NO. The largest absolute Gasteiger partial charge is 0.289 e. The minimum absolute atomic E-state index is 0.133. The maximum atomic E-state index is 11.4. The van der Waals surface area contributed by atoms with E-state index >= 15 is 0 Å². The summed E-state index contributed by atoms with van der Waals surface area (Å²) in [6.45, 7) is 0.713. The second kappa shape index (κ2) is 7.59. The first-order chi connectivity index (χ1) is 11.7. The quantitative estimate of drug-likeness (QED) is 0.608. The van der Waals surface area contributed by atoms with Crippen molar-refractivity contribution in [2.75, 3.05) is 11.6 Å². The van der Waals surface area contributed by atoms with Crippen LogP contribution in [0, 0.1) is 5.92 Å². The lowest BCUT2D eigenvalue weighted by atomic mass is 9.93. The van der Waals surface area contributed by atoms with Gasteiger partial charge < -0.3 is 0 Å². The van der Waals surface area contributed by atoms with E-state index in [9.17, 15) is 4.79 Å². The predicted molar refractivity (Wildman–Crippen MR) is 97.1 cm³/mol. The number of amides is 1. The second-order valence-corrected chi connectivity index (χ2v) is 6.60. The Kier molecular flexibility index (Phi) is 5.27. The van der Waals surface area contributed by atoms with Crippen molar-refractivity contribution < 1.29 is 10.0 Å². The van der Waals surface area contributed by atoms with E-state index in [1.807, 2.05) is 59.6 Å². The number of hydrazone groups is 1. The molecule has 6 heteroatoms. The van der Waals surface area contributed by atoms with Gasteiger partial charge in [-0.05, 0) is 36.2 Å². The molecule has 1 aliphatic rings. The molecule has 2 aromatic rings. The summed E-state index contributed by atoms with van der Waals surface area (Å²) in [4.78, 5) is 11.4. The van der Waals surface area contributed by atoms with Crippen LogP contribution in [-0.4, -0.2) is 23.4 Å². The molecule has 0 fully saturated rings. The maximum Gasteiger partial charge on any atom is 0.243 e. The third-order valence-electron chi connectivity index (χ3n) is 4.05. The molecule has 1 aliphatic heterocycles. The van der Waals surface area contributed by atoms with Crippen LogP contribution in [0.2, 0.25) is 0 Å². The molecule has 2 aromatic carbocycles. The minimum Gasteiger partial charge on any atom is -0.289 e. The summed E-state index contributed by atoms with van der Waals surface area (Å²) in [6, 6.07) is 18.0. The average molecular weight is 388 g/mol. The summed E-state index contributed by atoms with van der Waals surface area (Å²) in [6.07, 6.45) is 0.897. The lowest BCUT2D eigenvalue weighted by Gasteiger charge is -2.16. The topological polar surface area (TPSA) is 64.9 Å². The lowest BCUT2D eigenvalue weighted by Crippen LogP contribution is -2.24. The van der Waals surface area contributed by atoms with Crippen LogP contribution < -0.4 is 10.5 Å². The van der Waals surface area contributed by atoms with Crippen molar-refractivity contribution >= 4 is 33.2 Å². The number of anilines is 1. The van der Waals surface area contributed by atoms with Gasteiger partial charge in [-0.1, -0.05) is 46.3 Å². The highest BCUT2D eigenvalue weighted by molar-refractivity contribution is 9.10. The second-order valence-electron chi connectivity index (χ2n) is 5.68. The predicted octanol–water partition coefficient (Wildman–Crippen LogP) is 3.58. The van der Waals surface area contributed by atoms with Gasteiger partial charge in [-0.2, -0.15) is 5.10 Å². The molecule has 0 radical (unpaired) electrons. The molecule has 0 spiro atoms. The first-order valence-corrected chi connectivity index (χ1v) is 8.56. The van der Waals surface area contributed by atoms with Crippen LogP contribution in [0.3, 0.4) is 0 Å². The third-order valence-corrected chi connectivity index (χ3v) is 4.58. The number of nitrogens with one attached hydrogen (secondary N) is 1. The number of carbonyl (C=O) groups excluding carboxylic acids is 1. The molecular formula is C18H18BrN3O2. The van der Waals surface area contributed by atoms with E-state index in [0.717, 1.165) is 21.4 Å². The van der Waals surface area contributed by atoms with Crippen LogP contribution in [0.1, 0.15) is 18.4 Å². The lowest BCUT2D eigenvalue weighted by molar-refractivity contribution is -0.129. The number of benzene rings is 2. The van der Waals surface area contributed by atoms with Crippen molar-refractivity contribution in [2.45, 2.75) is 12.8 Å². The number of hydroxylamine groups is 1. The molecule has 0 bridgehead atoms. The molecule has 1 atom stereocenters. The summed E-state index contributed by atoms with van der Waals surface area (Å²) in [5, 5.41) is 15.5. The number of rotatable bonds is 5. The van der Waals surface area contributed by atoms with Gasteiger partial charge in [0.25, 0.3) is 0 Å². The van der Waals surface area contributed by atoms with Crippen molar-refractivity contribution in [2.24, 2.45) is 11.0 Å². The Morgan fingerprint density at radius 2 is 1.92 bits per heavy atom.